The summed E-state index contributed by atoms with van der Waals surface area (Å²) in [6.45, 7) is 5.57. The molecule has 0 bridgehead atoms. The number of amides is 3. The molecule has 0 aromatic rings. The molecule has 0 aromatic carbocycles. The van der Waals surface area contributed by atoms with Crippen LogP contribution in [0.3, 0.4) is 0 Å². The van der Waals surface area contributed by atoms with Gasteiger partial charge in [-0.3, -0.25) is 4.79 Å². The molecule has 0 radical (unpaired) electrons. The van der Waals surface area contributed by atoms with Crippen molar-refractivity contribution in [3.05, 3.63) is 0 Å². The van der Waals surface area contributed by atoms with Crippen molar-refractivity contribution in [3.8, 4) is 0 Å². The fourth-order valence-corrected chi connectivity index (χ4v) is 2.32. The zero-order valence-electron chi connectivity index (χ0n) is 11.4. The molecule has 5 nitrogen and oxygen atoms in total. The molecule has 18 heavy (non-hydrogen) atoms. The Kier molecular flexibility index (Phi) is 5.95. The summed E-state index contributed by atoms with van der Waals surface area (Å²) in [5, 5.41) is 2.60. The van der Waals surface area contributed by atoms with Crippen LogP contribution in [0.2, 0.25) is 0 Å². The zero-order chi connectivity index (χ0) is 13.5. The molecule has 1 aliphatic rings. The molecule has 1 heterocycles. The number of hydrogen-bond acceptors (Lipinski definition) is 2. The third-order valence-electron chi connectivity index (χ3n) is 3.69. The van der Waals surface area contributed by atoms with Crippen LogP contribution in [0.1, 0.15) is 46.0 Å². The van der Waals surface area contributed by atoms with Gasteiger partial charge in [-0.05, 0) is 18.8 Å². The molecule has 5 heteroatoms. The lowest BCUT2D eigenvalue weighted by molar-refractivity contribution is -0.134. The van der Waals surface area contributed by atoms with Gasteiger partial charge in [0, 0.05) is 13.1 Å². The summed E-state index contributed by atoms with van der Waals surface area (Å²) in [4.78, 5) is 25.3. The van der Waals surface area contributed by atoms with Gasteiger partial charge < -0.3 is 16.0 Å². The molecule has 0 aliphatic carbocycles. The van der Waals surface area contributed by atoms with Crippen molar-refractivity contribution in [1.82, 2.24) is 10.2 Å². The standard InChI is InChI=1S/C13H25N3O2/c1-3-10(2)11(15-13(14)18)12(17)16-8-6-4-5-7-9-16/h10-11H,3-9H2,1-2H3,(H3,14,15,18)/t10-,11-/m1/s1. The molecular weight excluding hydrogens is 230 g/mol. The lowest BCUT2D eigenvalue weighted by Gasteiger charge is -2.29. The molecule has 3 N–H and O–H groups in total. The highest BCUT2D eigenvalue weighted by Gasteiger charge is 2.29. The van der Waals surface area contributed by atoms with E-state index in [0.717, 1.165) is 32.4 Å². The number of primary amides is 1. The predicted molar refractivity (Wildman–Crippen MR) is 71.0 cm³/mol. The first-order valence-electron chi connectivity index (χ1n) is 6.91. The zero-order valence-corrected chi connectivity index (χ0v) is 11.4. The minimum atomic E-state index is -0.622. The Bertz CT molecular complexity index is 286. The Morgan fingerprint density at radius 1 is 1.22 bits per heavy atom. The van der Waals surface area contributed by atoms with Gasteiger partial charge in [-0.1, -0.05) is 33.1 Å². The van der Waals surface area contributed by atoms with E-state index >= 15 is 0 Å². The molecule has 0 spiro atoms. The number of carbonyl (C=O) groups is 2. The van der Waals surface area contributed by atoms with Gasteiger partial charge in [0.2, 0.25) is 5.91 Å². The quantitative estimate of drug-likeness (QED) is 0.798. The van der Waals surface area contributed by atoms with Crippen LogP contribution in [0.4, 0.5) is 4.79 Å². The number of rotatable bonds is 4. The molecule has 104 valence electrons. The Morgan fingerprint density at radius 3 is 2.22 bits per heavy atom. The minimum absolute atomic E-state index is 0.0186. The van der Waals surface area contributed by atoms with Crippen LogP contribution in [0, 0.1) is 5.92 Å². The monoisotopic (exact) mass is 255 g/mol. The highest BCUT2D eigenvalue weighted by Crippen LogP contribution is 2.15. The van der Waals surface area contributed by atoms with Crippen molar-refractivity contribution >= 4 is 11.9 Å². The van der Waals surface area contributed by atoms with Gasteiger partial charge in [-0.15, -0.1) is 0 Å². The van der Waals surface area contributed by atoms with Crippen molar-refractivity contribution in [2.75, 3.05) is 13.1 Å². The summed E-state index contributed by atoms with van der Waals surface area (Å²) in [7, 11) is 0. The van der Waals surface area contributed by atoms with Gasteiger partial charge in [-0.2, -0.15) is 0 Å². The SMILES string of the molecule is CC[C@@H](C)[C@@H](NC(N)=O)C(=O)N1CCCCCC1. The van der Waals surface area contributed by atoms with Crippen LogP contribution in [0.5, 0.6) is 0 Å². The highest BCUT2D eigenvalue weighted by atomic mass is 16.2. The third kappa shape index (κ3) is 4.20. The van der Waals surface area contributed by atoms with E-state index in [1.807, 2.05) is 18.7 Å². The number of urea groups is 1. The van der Waals surface area contributed by atoms with E-state index in [-0.39, 0.29) is 11.8 Å². The Labute approximate surface area is 109 Å². The highest BCUT2D eigenvalue weighted by molar-refractivity contribution is 5.86. The van der Waals surface area contributed by atoms with Gasteiger partial charge in [0.25, 0.3) is 0 Å². The van der Waals surface area contributed by atoms with Crippen molar-refractivity contribution < 1.29 is 9.59 Å². The number of nitrogens with two attached hydrogens (primary N) is 1. The maximum absolute atomic E-state index is 12.4. The minimum Gasteiger partial charge on any atom is -0.352 e. The lowest BCUT2D eigenvalue weighted by Crippen LogP contribution is -2.53. The number of hydrogen-bond donors (Lipinski definition) is 2. The van der Waals surface area contributed by atoms with E-state index < -0.39 is 12.1 Å². The molecule has 3 amide bonds. The van der Waals surface area contributed by atoms with Crippen LogP contribution in [0.15, 0.2) is 0 Å². The molecule has 1 fully saturated rings. The Hall–Kier alpha value is -1.26. The topological polar surface area (TPSA) is 75.4 Å². The first-order chi connectivity index (χ1) is 8.56. The van der Waals surface area contributed by atoms with E-state index in [4.69, 9.17) is 5.73 Å². The maximum Gasteiger partial charge on any atom is 0.312 e. The Balaban J connectivity index is 2.69. The summed E-state index contributed by atoms with van der Waals surface area (Å²) in [6, 6.07) is -1.10. The van der Waals surface area contributed by atoms with Gasteiger partial charge in [-0.25, -0.2) is 4.79 Å². The van der Waals surface area contributed by atoms with Crippen molar-refractivity contribution in [2.45, 2.75) is 52.0 Å². The molecule has 0 saturated carbocycles. The first kappa shape index (κ1) is 14.8. The summed E-state index contributed by atoms with van der Waals surface area (Å²) in [6.07, 6.45) is 5.30. The van der Waals surface area contributed by atoms with E-state index in [0.29, 0.717) is 0 Å². The molecule has 1 saturated heterocycles. The van der Waals surface area contributed by atoms with Gasteiger partial charge in [0.05, 0.1) is 0 Å². The fourth-order valence-electron chi connectivity index (χ4n) is 2.32. The smallest absolute Gasteiger partial charge is 0.312 e. The number of likely N-dealkylation sites (tertiary alicyclic amines) is 1. The van der Waals surface area contributed by atoms with Crippen molar-refractivity contribution in [2.24, 2.45) is 11.7 Å². The van der Waals surface area contributed by atoms with E-state index in [1.54, 1.807) is 0 Å². The number of carbonyl (C=O) groups excluding carboxylic acids is 2. The van der Waals surface area contributed by atoms with Crippen LogP contribution in [0.25, 0.3) is 0 Å². The predicted octanol–water partition coefficient (Wildman–Crippen LogP) is 1.47. The van der Waals surface area contributed by atoms with Crippen molar-refractivity contribution in [3.63, 3.8) is 0 Å². The van der Waals surface area contributed by atoms with Crippen molar-refractivity contribution in [1.29, 1.82) is 0 Å². The van der Waals surface area contributed by atoms with Gasteiger partial charge in [0.1, 0.15) is 6.04 Å². The number of nitrogens with one attached hydrogen (secondary N) is 1. The molecular formula is C13H25N3O2. The van der Waals surface area contributed by atoms with E-state index in [9.17, 15) is 9.59 Å². The Morgan fingerprint density at radius 2 is 1.78 bits per heavy atom. The largest absolute Gasteiger partial charge is 0.352 e. The first-order valence-corrected chi connectivity index (χ1v) is 6.91. The van der Waals surface area contributed by atoms with Crippen LogP contribution < -0.4 is 11.1 Å². The van der Waals surface area contributed by atoms with Crippen LogP contribution >= 0.6 is 0 Å². The average molecular weight is 255 g/mol. The summed E-state index contributed by atoms with van der Waals surface area (Å²) in [5.74, 6) is 0.123. The molecule has 2 atom stereocenters. The molecule has 1 aliphatic heterocycles. The fraction of sp³-hybridized carbons (Fsp3) is 0.846. The summed E-state index contributed by atoms with van der Waals surface area (Å²) >= 11 is 0. The van der Waals surface area contributed by atoms with Crippen LogP contribution in [-0.2, 0) is 4.79 Å². The molecule has 1 rings (SSSR count). The van der Waals surface area contributed by atoms with E-state index in [1.165, 1.54) is 12.8 Å². The second-order valence-electron chi connectivity index (χ2n) is 5.11. The van der Waals surface area contributed by atoms with Gasteiger partial charge >= 0.3 is 6.03 Å². The van der Waals surface area contributed by atoms with Gasteiger partial charge in [0.15, 0.2) is 0 Å². The number of nitrogens with zero attached hydrogens (tertiary/aromatic N) is 1. The molecule has 0 unspecified atom stereocenters. The normalized spacial score (nSPS) is 19.8. The summed E-state index contributed by atoms with van der Waals surface area (Å²) < 4.78 is 0. The third-order valence-corrected chi connectivity index (χ3v) is 3.69. The van der Waals surface area contributed by atoms with E-state index in [2.05, 4.69) is 5.32 Å². The lowest BCUT2D eigenvalue weighted by atomic mass is 9.98. The average Bonchev–Trinajstić information content (AvgIpc) is 2.62. The molecule has 0 aromatic heterocycles. The second kappa shape index (κ2) is 7.24. The maximum atomic E-state index is 12.4. The summed E-state index contributed by atoms with van der Waals surface area (Å²) in [5.41, 5.74) is 5.16. The second-order valence-corrected chi connectivity index (χ2v) is 5.11. The van der Waals surface area contributed by atoms with Crippen LogP contribution in [-0.4, -0.2) is 36.0 Å².